The van der Waals surface area contributed by atoms with Crippen molar-refractivity contribution >= 4 is 5.91 Å². The molecule has 4 atom stereocenters. The van der Waals surface area contributed by atoms with Crippen LogP contribution in [0.4, 0.5) is 0 Å². The zero-order valence-electron chi connectivity index (χ0n) is 16.0. The zero-order chi connectivity index (χ0) is 19.1. The number of nitrogens with one attached hydrogen (secondary N) is 1. The summed E-state index contributed by atoms with van der Waals surface area (Å²) in [6, 6.07) is 4.17. The topological polar surface area (TPSA) is 83.9 Å². The first-order chi connectivity index (χ1) is 13.2. The molecule has 2 aliphatic rings. The number of aromatic nitrogens is 1. The molecule has 150 valence electrons. The first kappa shape index (κ1) is 20.2. The second-order valence-corrected chi connectivity index (χ2v) is 7.47. The van der Waals surface area contributed by atoms with Crippen LogP contribution < -0.4 is 5.32 Å². The van der Waals surface area contributed by atoms with E-state index < -0.39 is 6.10 Å². The van der Waals surface area contributed by atoms with Crippen molar-refractivity contribution < 1.29 is 19.4 Å². The molecule has 1 aromatic heterocycles. The Labute approximate surface area is 161 Å². The van der Waals surface area contributed by atoms with E-state index >= 15 is 0 Å². The number of β-amino-alcohol motifs (C(OH)–C–C–N with tert-alkyl or cyclic N) is 1. The molecule has 7 heteroatoms. The highest BCUT2D eigenvalue weighted by Crippen LogP contribution is 2.28. The predicted octanol–water partition coefficient (Wildman–Crippen LogP) is 1.11. The van der Waals surface area contributed by atoms with Gasteiger partial charge < -0.3 is 19.9 Å². The molecule has 0 saturated carbocycles. The first-order valence-corrected chi connectivity index (χ1v) is 9.96. The van der Waals surface area contributed by atoms with Gasteiger partial charge >= 0.3 is 0 Å². The van der Waals surface area contributed by atoms with Gasteiger partial charge in [-0.05, 0) is 37.0 Å². The lowest BCUT2D eigenvalue weighted by atomic mass is 9.94. The van der Waals surface area contributed by atoms with Gasteiger partial charge in [-0.25, -0.2) is 0 Å². The summed E-state index contributed by atoms with van der Waals surface area (Å²) in [5.41, 5.74) is 1.17. The van der Waals surface area contributed by atoms with Crippen LogP contribution in [0, 0.1) is 0 Å². The van der Waals surface area contributed by atoms with E-state index in [-0.39, 0.29) is 24.2 Å². The average Bonchev–Trinajstić information content (AvgIpc) is 2.66. The minimum atomic E-state index is -0.509. The van der Waals surface area contributed by atoms with Crippen LogP contribution in [0.1, 0.15) is 38.2 Å². The summed E-state index contributed by atoms with van der Waals surface area (Å²) in [6.45, 7) is 4.79. The Morgan fingerprint density at radius 3 is 2.93 bits per heavy atom. The van der Waals surface area contributed by atoms with Gasteiger partial charge in [-0.2, -0.15) is 0 Å². The number of aliphatic hydroxyl groups excluding tert-OH is 1. The number of fused-ring (bicyclic) bond motifs is 1. The number of ether oxygens (including phenoxy) is 2. The molecule has 1 aromatic rings. The van der Waals surface area contributed by atoms with Crippen LogP contribution in [0.3, 0.4) is 0 Å². The highest BCUT2D eigenvalue weighted by atomic mass is 16.5. The van der Waals surface area contributed by atoms with Crippen molar-refractivity contribution in [2.24, 2.45) is 0 Å². The predicted molar refractivity (Wildman–Crippen MR) is 101 cm³/mol. The fourth-order valence-corrected chi connectivity index (χ4v) is 3.89. The Hall–Kier alpha value is -1.54. The lowest BCUT2D eigenvalue weighted by Crippen LogP contribution is -2.55. The number of carbonyl (C=O) groups excluding carboxylic acids is 1. The molecule has 2 N–H and O–H groups in total. The van der Waals surface area contributed by atoms with Crippen molar-refractivity contribution in [3.8, 4) is 0 Å². The molecule has 1 amide bonds. The molecular weight excluding hydrogens is 346 g/mol. The first-order valence-electron chi connectivity index (χ1n) is 9.96. The SMILES string of the molecule is CCCNC(=O)C[C@H]1CC[C@H]2[C@@H](COC[C@H](O)CN2Cc2ccncc2)O1. The van der Waals surface area contributed by atoms with Gasteiger partial charge in [-0.15, -0.1) is 0 Å². The van der Waals surface area contributed by atoms with Crippen molar-refractivity contribution in [3.63, 3.8) is 0 Å². The number of hydrogen-bond donors (Lipinski definition) is 2. The quantitative estimate of drug-likeness (QED) is 0.773. The van der Waals surface area contributed by atoms with Crippen molar-refractivity contribution in [1.82, 2.24) is 15.2 Å². The minimum absolute atomic E-state index is 0.0520. The summed E-state index contributed by atoms with van der Waals surface area (Å²) < 4.78 is 11.9. The van der Waals surface area contributed by atoms with E-state index in [9.17, 15) is 9.90 Å². The van der Waals surface area contributed by atoms with Crippen molar-refractivity contribution in [1.29, 1.82) is 0 Å². The maximum Gasteiger partial charge on any atom is 0.222 e. The van der Waals surface area contributed by atoms with Gasteiger partial charge in [0.2, 0.25) is 5.91 Å². The van der Waals surface area contributed by atoms with E-state index in [0.29, 0.717) is 32.7 Å². The average molecular weight is 377 g/mol. The van der Waals surface area contributed by atoms with E-state index in [1.165, 1.54) is 5.56 Å². The number of aliphatic hydroxyl groups is 1. The van der Waals surface area contributed by atoms with Crippen LogP contribution in [0.5, 0.6) is 0 Å². The lowest BCUT2D eigenvalue weighted by molar-refractivity contribution is -0.158. The highest BCUT2D eigenvalue weighted by Gasteiger charge is 2.37. The van der Waals surface area contributed by atoms with E-state index in [1.807, 2.05) is 19.1 Å². The van der Waals surface area contributed by atoms with E-state index in [1.54, 1.807) is 12.4 Å². The molecule has 0 radical (unpaired) electrons. The van der Waals surface area contributed by atoms with Gasteiger partial charge in [-0.3, -0.25) is 14.7 Å². The summed E-state index contributed by atoms with van der Waals surface area (Å²) in [6.07, 6.45) is 6.01. The number of rotatable bonds is 6. The van der Waals surface area contributed by atoms with Crippen LogP contribution in [0.2, 0.25) is 0 Å². The smallest absolute Gasteiger partial charge is 0.222 e. The molecule has 3 heterocycles. The highest BCUT2D eigenvalue weighted by molar-refractivity contribution is 5.76. The molecule has 0 spiro atoms. The Bertz CT molecular complexity index is 586. The van der Waals surface area contributed by atoms with Gasteiger partial charge in [0.1, 0.15) is 0 Å². The summed E-state index contributed by atoms with van der Waals surface area (Å²) in [5.74, 6) is 0.0520. The standard InChI is InChI=1S/C20H31N3O4/c1-2-7-22-20(25)10-17-3-4-18-19(27-17)14-26-13-16(24)12-23(18)11-15-5-8-21-9-6-15/h5-6,8-9,16-19,24H,2-4,7,10-14H2,1H3,(H,22,25)/t16-,17-,18+,19-/m1/s1. The molecule has 2 aliphatic heterocycles. The molecule has 0 aliphatic carbocycles. The second-order valence-electron chi connectivity index (χ2n) is 7.47. The molecule has 27 heavy (non-hydrogen) atoms. The van der Waals surface area contributed by atoms with Gasteiger partial charge in [0.05, 0.1) is 37.9 Å². The molecule has 0 unspecified atom stereocenters. The van der Waals surface area contributed by atoms with Crippen LogP contribution in [-0.4, -0.2) is 71.6 Å². The number of nitrogens with zero attached hydrogens (tertiary/aromatic N) is 2. The summed E-state index contributed by atoms with van der Waals surface area (Å²) in [7, 11) is 0. The Kier molecular flexibility index (Phi) is 7.58. The van der Waals surface area contributed by atoms with Crippen LogP contribution in [0.25, 0.3) is 0 Å². The summed E-state index contributed by atoms with van der Waals surface area (Å²) >= 11 is 0. The normalized spacial score (nSPS) is 29.4. The van der Waals surface area contributed by atoms with Crippen LogP contribution >= 0.6 is 0 Å². The fourth-order valence-electron chi connectivity index (χ4n) is 3.89. The second kappa shape index (κ2) is 10.1. The maximum atomic E-state index is 12.0. The zero-order valence-corrected chi connectivity index (χ0v) is 16.0. The van der Waals surface area contributed by atoms with Crippen LogP contribution in [0.15, 0.2) is 24.5 Å². The molecule has 3 rings (SSSR count). The lowest BCUT2D eigenvalue weighted by Gasteiger charge is -2.44. The number of amides is 1. The Balaban J connectivity index is 1.63. The number of pyridine rings is 1. The Morgan fingerprint density at radius 1 is 1.33 bits per heavy atom. The third-order valence-corrected chi connectivity index (χ3v) is 5.21. The summed E-state index contributed by atoms with van der Waals surface area (Å²) in [5, 5.41) is 13.2. The molecule has 7 nitrogen and oxygen atoms in total. The molecule has 0 bridgehead atoms. The molecule has 2 saturated heterocycles. The number of hydrogen-bond acceptors (Lipinski definition) is 6. The van der Waals surface area contributed by atoms with Crippen molar-refractivity contribution in [2.75, 3.05) is 26.3 Å². The van der Waals surface area contributed by atoms with Gasteiger partial charge in [0.15, 0.2) is 0 Å². The maximum absolute atomic E-state index is 12.0. The van der Waals surface area contributed by atoms with Gasteiger partial charge in [0, 0.05) is 38.1 Å². The third-order valence-electron chi connectivity index (χ3n) is 5.21. The van der Waals surface area contributed by atoms with Crippen molar-refractivity contribution in [3.05, 3.63) is 30.1 Å². The fraction of sp³-hybridized carbons (Fsp3) is 0.700. The molecular formula is C20H31N3O4. The van der Waals surface area contributed by atoms with E-state index in [4.69, 9.17) is 9.47 Å². The van der Waals surface area contributed by atoms with Gasteiger partial charge in [-0.1, -0.05) is 6.92 Å². The number of carbonyl (C=O) groups is 1. The summed E-state index contributed by atoms with van der Waals surface area (Å²) in [4.78, 5) is 18.4. The van der Waals surface area contributed by atoms with E-state index in [2.05, 4.69) is 15.2 Å². The third kappa shape index (κ3) is 5.97. The molecule has 2 fully saturated rings. The monoisotopic (exact) mass is 377 g/mol. The Morgan fingerprint density at radius 2 is 2.15 bits per heavy atom. The van der Waals surface area contributed by atoms with Gasteiger partial charge in [0.25, 0.3) is 0 Å². The van der Waals surface area contributed by atoms with Crippen LogP contribution in [-0.2, 0) is 20.8 Å². The van der Waals surface area contributed by atoms with Crippen molar-refractivity contribution in [2.45, 2.75) is 63.5 Å². The minimum Gasteiger partial charge on any atom is -0.389 e. The molecule has 0 aromatic carbocycles. The largest absolute Gasteiger partial charge is 0.389 e. The van der Waals surface area contributed by atoms with E-state index in [0.717, 1.165) is 25.8 Å².